The van der Waals surface area contributed by atoms with Crippen LogP contribution in [0.2, 0.25) is 0 Å². The molecule has 2 aliphatic rings. The molecule has 86 valence electrons. The maximum absolute atomic E-state index is 10.1. The van der Waals surface area contributed by atoms with Crippen molar-refractivity contribution in [3.63, 3.8) is 0 Å². The highest BCUT2D eigenvalue weighted by molar-refractivity contribution is 5.85. The van der Waals surface area contributed by atoms with Crippen molar-refractivity contribution in [2.24, 2.45) is 5.41 Å². The first-order chi connectivity index (χ1) is 6.95. The highest BCUT2D eigenvalue weighted by Gasteiger charge is 2.48. The van der Waals surface area contributed by atoms with Crippen molar-refractivity contribution in [1.29, 1.82) is 5.41 Å². The van der Waals surface area contributed by atoms with Crippen LogP contribution in [0.25, 0.3) is 0 Å². The second-order valence-corrected chi connectivity index (χ2v) is 5.42. The molecule has 1 saturated carbocycles. The van der Waals surface area contributed by atoms with Gasteiger partial charge in [0.25, 0.3) is 0 Å². The summed E-state index contributed by atoms with van der Waals surface area (Å²) in [5, 5.41) is 28.7. The predicted molar refractivity (Wildman–Crippen MR) is 57.0 cm³/mol. The summed E-state index contributed by atoms with van der Waals surface area (Å²) in [5.41, 5.74) is -1.13. The van der Waals surface area contributed by atoms with Gasteiger partial charge in [-0.15, -0.1) is 0 Å². The van der Waals surface area contributed by atoms with Crippen LogP contribution >= 0.6 is 0 Å². The summed E-state index contributed by atoms with van der Waals surface area (Å²) in [6.07, 6.45) is 5.90. The number of amidine groups is 1. The first-order valence-electron chi connectivity index (χ1n) is 5.73. The molecule has 0 aromatic carbocycles. The molecule has 0 aromatic rings. The zero-order valence-electron chi connectivity index (χ0n) is 9.29. The zero-order valence-corrected chi connectivity index (χ0v) is 9.29. The molecule has 1 saturated heterocycles. The summed E-state index contributed by atoms with van der Waals surface area (Å²) in [5.74, 6) is 0.314. The number of hydrogen-bond acceptors (Lipinski definition) is 3. The number of hydroxylamine groups is 2. The van der Waals surface area contributed by atoms with E-state index in [1.165, 1.54) is 6.42 Å². The standard InChI is InChI=1S/C11H20N2O2/c1-10(14)7-11(5-3-2-4-6-11)9(12)13(15)8-10/h12,14-15H,2-8H2,1H3. The molecule has 1 spiro atoms. The smallest absolute Gasteiger partial charge is 0.127 e. The lowest BCUT2D eigenvalue weighted by atomic mass is 9.65. The van der Waals surface area contributed by atoms with Crippen molar-refractivity contribution < 1.29 is 10.3 Å². The molecular formula is C11H20N2O2. The van der Waals surface area contributed by atoms with Crippen molar-refractivity contribution in [3.05, 3.63) is 0 Å². The number of β-amino-alcohol motifs (C(OH)–C–C–N with tert-alkyl or cyclic N) is 1. The topological polar surface area (TPSA) is 67.6 Å². The maximum atomic E-state index is 10.1. The third-order valence-electron chi connectivity index (χ3n) is 3.78. The second kappa shape index (κ2) is 3.46. The Morgan fingerprint density at radius 1 is 1.27 bits per heavy atom. The molecule has 0 radical (unpaired) electrons. The van der Waals surface area contributed by atoms with E-state index in [-0.39, 0.29) is 12.0 Å². The lowest BCUT2D eigenvalue weighted by Gasteiger charge is -2.49. The van der Waals surface area contributed by atoms with Crippen molar-refractivity contribution in [1.82, 2.24) is 5.06 Å². The molecular weight excluding hydrogens is 192 g/mol. The lowest BCUT2D eigenvalue weighted by Crippen LogP contribution is -2.57. The van der Waals surface area contributed by atoms with Gasteiger partial charge in [-0.25, -0.2) is 5.06 Å². The summed E-state index contributed by atoms with van der Waals surface area (Å²) < 4.78 is 0. The van der Waals surface area contributed by atoms with Crippen molar-refractivity contribution in [3.8, 4) is 0 Å². The zero-order chi connectivity index (χ0) is 11.1. The van der Waals surface area contributed by atoms with E-state index in [0.29, 0.717) is 12.3 Å². The number of nitrogens with one attached hydrogen (secondary N) is 1. The van der Waals surface area contributed by atoms with Crippen LogP contribution in [0.15, 0.2) is 0 Å². The van der Waals surface area contributed by atoms with Gasteiger partial charge in [0, 0.05) is 5.41 Å². The average molecular weight is 212 g/mol. The van der Waals surface area contributed by atoms with Crippen molar-refractivity contribution in [2.75, 3.05) is 6.54 Å². The van der Waals surface area contributed by atoms with Crippen LogP contribution < -0.4 is 0 Å². The van der Waals surface area contributed by atoms with E-state index in [2.05, 4.69) is 0 Å². The van der Waals surface area contributed by atoms with Crippen LogP contribution in [-0.4, -0.2) is 33.4 Å². The first-order valence-corrected chi connectivity index (χ1v) is 5.73. The fraction of sp³-hybridized carbons (Fsp3) is 0.909. The minimum Gasteiger partial charge on any atom is -0.388 e. The average Bonchev–Trinajstić information content (AvgIpc) is 2.14. The van der Waals surface area contributed by atoms with Crippen molar-refractivity contribution >= 4 is 5.84 Å². The molecule has 4 nitrogen and oxygen atoms in total. The Morgan fingerprint density at radius 2 is 1.87 bits per heavy atom. The summed E-state index contributed by atoms with van der Waals surface area (Å²) in [6.45, 7) is 1.91. The Kier molecular flexibility index (Phi) is 2.51. The Balaban J connectivity index is 2.24. The lowest BCUT2D eigenvalue weighted by molar-refractivity contribution is -0.126. The van der Waals surface area contributed by atoms with Crippen LogP contribution in [0.4, 0.5) is 0 Å². The van der Waals surface area contributed by atoms with E-state index in [4.69, 9.17) is 5.41 Å². The van der Waals surface area contributed by atoms with E-state index < -0.39 is 5.60 Å². The third-order valence-corrected chi connectivity index (χ3v) is 3.78. The van der Waals surface area contributed by atoms with Crippen LogP contribution in [0.3, 0.4) is 0 Å². The van der Waals surface area contributed by atoms with E-state index in [1.54, 1.807) is 6.92 Å². The SMILES string of the molecule is CC1(O)CN(O)C(=N)C2(CCCCC2)C1. The van der Waals surface area contributed by atoms with Gasteiger partial charge in [0.2, 0.25) is 0 Å². The molecule has 3 N–H and O–H groups in total. The maximum Gasteiger partial charge on any atom is 0.127 e. The molecule has 0 aromatic heterocycles. The fourth-order valence-electron chi connectivity index (χ4n) is 3.19. The third kappa shape index (κ3) is 1.88. The normalized spacial score (nSPS) is 35.9. The molecule has 1 unspecified atom stereocenters. The monoisotopic (exact) mass is 212 g/mol. The predicted octanol–water partition coefficient (Wildman–Crippen LogP) is 1.76. The van der Waals surface area contributed by atoms with Crippen LogP contribution in [0.5, 0.6) is 0 Å². The molecule has 1 heterocycles. The Hall–Kier alpha value is -0.610. The first kappa shape index (κ1) is 10.9. The number of aliphatic hydroxyl groups is 1. The highest BCUT2D eigenvalue weighted by Crippen LogP contribution is 2.46. The summed E-state index contributed by atoms with van der Waals surface area (Å²) in [6, 6.07) is 0. The minimum atomic E-state index is -0.864. The van der Waals surface area contributed by atoms with Crippen LogP contribution in [-0.2, 0) is 0 Å². The molecule has 0 bridgehead atoms. The minimum absolute atomic E-state index is 0.160. The molecule has 4 heteroatoms. The molecule has 1 aliphatic carbocycles. The molecule has 0 amide bonds. The Morgan fingerprint density at radius 3 is 2.47 bits per heavy atom. The number of nitrogens with zero attached hydrogens (tertiary/aromatic N) is 1. The van der Waals surface area contributed by atoms with E-state index in [0.717, 1.165) is 30.7 Å². The summed E-state index contributed by atoms with van der Waals surface area (Å²) >= 11 is 0. The van der Waals surface area contributed by atoms with E-state index in [1.807, 2.05) is 0 Å². The molecule has 1 aliphatic heterocycles. The van der Waals surface area contributed by atoms with Gasteiger partial charge in [0.05, 0.1) is 12.1 Å². The van der Waals surface area contributed by atoms with E-state index in [9.17, 15) is 10.3 Å². The van der Waals surface area contributed by atoms with Gasteiger partial charge < -0.3 is 5.11 Å². The molecule has 15 heavy (non-hydrogen) atoms. The van der Waals surface area contributed by atoms with Gasteiger partial charge in [0.15, 0.2) is 0 Å². The van der Waals surface area contributed by atoms with Gasteiger partial charge in [-0.05, 0) is 26.2 Å². The molecule has 2 rings (SSSR count). The number of hydrogen-bond donors (Lipinski definition) is 3. The summed E-state index contributed by atoms with van der Waals surface area (Å²) in [7, 11) is 0. The van der Waals surface area contributed by atoms with Gasteiger partial charge >= 0.3 is 0 Å². The number of rotatable bonds is 0. The largest absolute Gasteiger partial charge is 0.388 e. The van der Waals surface area contributed by atoms with Crippen LogP contribution in [0, 0.1) is 10.8 Å². The molecule has 2 fully saturated rings. The van der Waals surface area contributed by atoms with Crippen LogP contribution in [0.1, 0.15) is 45.4 Å². The summed E-state index contributed by atoms with van der Waals surface area (Å²) in [4.78, 5) is 0. The highest BCUT2D eigenvalue weighted by atomic mass is 16.5. The quantitative estimate of drug-likeness (QED) is 0.573. The molecule has 1 atom stereocenters. The Labute approximate surface area is 90.4 Å². The number of piperidine rings is 1. The van der Waals surface area contributed by atoms with Crippen molar-refractivity contribution in [2.45, 2.75) is 51.0 Å². The van der Waals surface area contributed by atoms with Gasteiger partial charge in [0.1, 0.15) is 5.84 Å². The van der Waals surface area contributed by atoms with E-state index >= 15 is 0 Å². The van der Waals surface area contributed by atoms with Gasteiger partial charge in [-0.3, -0.25) is 10.6 Å². The van der Waals surface area contributed by atoms with Gasteiger partial charge in [-0.1, -0.05) is 19.3 Å². The van der Waals surface area contributed by atoms with Gasteiger partial charge in [-0.2, -0.15) is 0 Å². The second-order valence-electron chi connectivity index (χ2n) is 5.42. The Bertz CT molecular complexity index is 270. The fourth-order valence-corrected chi connectivity index (χ4v) is 3.19.